The van der Waals surface area contributed by atoms with Crippen molar-refractivity contribution in [2.75, 3.05) is 20.2 Å². The van der Waals surface area contributed by atoms with E-state index in [4.69, 9.17) is 4.74 Å². The minimum atomic E-state index is -3.75. The van der Waals surface area contributed by atoms with Crippen molar-refractivity contribution >= 4 is 19.9 Å². The molecule has 2 aromatic rings. The van der Waals surface area contributed by atoms with E-state index >= 15 is 0 Å². The number of nitrogens with zero attached hydrogens (tertiary/aromatic N) is 3. The topological polar surface area (TPSA) is 98.6 Å². The molecule has 1 aromatic heterocycles. The van der Waals surface area contributed by atoms with E-state index in [0.717, 1.165) is 4.31 Å². The van der Waals surface area contributed by atoms with Gasteiger partial charge in [0, 0.05) is 26.3 Å². The Morgan fingerprint density at radius 2 is 1.75 bits per heavy atom. The van der Waals surface area contributed by atoms with Gasteiger partial charge >= 0.3 is 0 Å². The van der Waals surface area contributed by atoms with Gasteiger partial charge in [-0.1, -0.05) is 0 Å². The maximum atomic E-state index is 12.5. The van der Waals surface area contributed by atoms with Gasteiger partial charge in [-0.25, -0.2) is 21.8 Å². The zero-order valence-corrected chi connectivity index (χ0v) is 14.8. The zero-order valence-electron chi connectivity index (χ0n) is 13.2. The monoisotopic (exact) mass is 371 g/mol. The van der Waals surface area contributed by atoms with Gasteiger partial charge in [0.05, 0.1) is 23.6 Å². The molecule has 0 aliphatic carbocycles. The molecule has 10 heteroatoms. The highest BCUT2D eigenvalue weighted by Crippen LogP contribution is 2.28. The maximum Gasteiger partial charge on any atom is 0.262 e. The van der Waals surface area contributed by atoms with E-state index in [9.17, 15) is 16.8 Å². The van der Waals surface area contributed by atoms with Gasteiger partial charge in [0.25, 0.3) is 10.0 Å². The van der Waals surface area contributed by atoms with Crippen molar-refractivity contribution < 1.29 is 21.6 Å². The lowest BCUT2D eigenvalue weighted by molar-refractivity contribution is 0.308. The average Bonchev–Trinajstić information content (AvgIpc) is 2.92. The highest BCUT2D eigenvalue weighted by molar-refractivity contribution is 7.92. The first-order valence-corrected chi connectivity index (χ1v) is 10.1. The molecule has 0 N–H and O–H groups in total. The molecule has 1 saturated heterocycles. The van der Waals surface area contributed by atoms with Crippen molar-refractivity contribution in [3.8, 4) is 5.75 Å². The molecule has 0 spiro atoms. The number of rotatable bonds is 5. The summed E-state index contributed by atoms with van der Waals surface area (Å²) in [6, 6.07) is 6.05. The Labute approximate surface area is 140 Å². The number of imidazole rings is 1. The Morgan fingerprint density at radius 3 is 2.25 bits per heavy atom. The van der Waals surface area contributed by atoms with E-state index in [1.807, 2.05) is 0 Å². The summed E-state index contributed by atoms with van der Waals surface area (Å²) in [6.45, 7) is -0.152. The summed E-state index contributed by atoms with van der Waals surface area (Å²) in [6.07, 6.45) is 2.78. The van der Waals surface area contributed by atoms with Gasteiger partial charge in [-0.15, -0.1) is 0 Å². The van der Waals surface area contributed by atoms with Crippen LogP contribution in [0.2, 0.25) is 0 Å². The van der Waals surface area contributed by atoms with Crippen LogP contribution < -0.4 is 4.74 Å². The van der Waals surface area contributed by atoms with E-state index < -0.39 is 25.1 Å². The molecule has 1 aliphatic rings. The highest BCUT2D eigenvalue weighted by atomic mass is 32.2. The number of hydrogen-bond acceptors (Lipinski definition) is 6. The van der Waals surface area contributed by atoms with Crippen molar-refractivity contribution in [3.05, 3.63) is 36.8 Å². The Morgan fingerprint density at radius 1 is 1.12 bits per heavy atom. The van der Waals surface area contributed by atoms with Gasteiger partial charge in [0.1, 0.15) is 5.75 Å². The molecule has 1 aromatic carbocycles. The van der Waals surface area contributed by atoms with Gasteiger partial charge in [0.2, 0.25) is 0 Å². The zero-order chi connectivity index (χ0) is 17.5. The number of sulfonamides is 1. The van der Waals surface area contributed by atoms with Crippen LogP contribution >= 0.6 is 0 Å². The number of aromatic nitrogens is 2. The smallest absolute Gasteiger partial charge is 0.262 e. The van der Waals surface area contributed by atoms with Crippen LogP contribution in [0.25, 0.3) is 0 Å². The van der Waals surface area contributed by atoms with Gasteiger partial charge < -0.3 is 9.30 Å². The van der Waals surface area contributed by atoms with Crippen LogP contribution in [-0.4, -0.2) is 56.1 Å². The van der Waals surface area contributed by atoms with Gasteiger partial charge in [-0.2, -0.15) is 4.31 Å². The fourth-order valence-electron chi connectivity index (χ4n) is 2.41. The van der Waals surface area contributed by atoms with Crippen LogP contribution in [0.5, 0.6) is 5.75 Å². The summed E-state index contributed by atoms with van der Waals surface area (Å²) in [5.41, 5.74) is 0. The second kappa shape index (κ2) is 5.87. The van der Waals surface area contributed by atoms with Crippen molar-refractivity contribution in [1.29, 1.82) is 0 Å². The van der Waals surface area contributed by atoms with Crippen LogP contribution in [0, 0.1) is 0 Å². The summed E-state index contributed by atoms with van der Waals surface area (Å²) in [4.78, 5) is 3.98. The fraction of sp³-hybridized carbons (Fsp3) is 0.357. The fourth-order valence-corrected chi connectivity index (χ4v) is 5.74. The van der Waals surface area contributed by atoms with Crippen molar-refractivity contribution in [2.45, 2.75) is 15.2 Å². The van der Waals surface area contributed by atoms with Crippen LogP contribution in [0.3, 0.4) is 0 Å². The molecule has 130 valence electrons. The summed E-state index contributed by atoms with van der Waals surface area (Å²) < 4.78 is 57.5. The Bertz CT molecular complexity index is 943. The molecule has 0 saturated carbocycles. The molecular formula is C14H17N3O5S2. The molecule has 3 rings (SSSR count). The summed E-state index contributed by atoms with van der Waals surface area (Å²) in [5, 5.41) is -0.838. The first kappa shape index (κ1) is 16.9. The number of benzene rings is 1. The van der Waals surface area contributed by atoms with Crippen molar-refractivity contribution in [3.63, 3.8) is 0 Å². The molecule has 8 nitrogen and oxygen atoms in total. The molecule has 0 bridgehead atoms. The summed E-state index contributed by atoms with van der Waals surface area (Å²) >= 11 is 0. The third-order valence-corrected chi connectivity index (χ3v) is 7.75. The van der Waals surface area contributed by atoms with Crippen LogP contribution in [-0.2, 0) is 26.9 Å². The van der Waals surface area contributed by atoms with E-state index in [1.165, 1.54) is 36.3 Å². The molecule has 1 fully saturated rings. The molecule has 0 unspecified atom stereocenters. The highest BCUT2D eigenvalue weighted by Gasteiger charge is 2.44. The number of hydrogen-bond donors (Lipinski definition) is 0. The number of aryl methyl sites for hydroxylation is 1. The first-order valence-electron chi connectivity index (χ1n) is 7.11. The number of sulfone groups is 1. The quantitative estimate of drug-likeness (QED) is 0.748. The Kier molecular flexibility index (Phi) is 4.14. The minimum absolute atomic E-state index is 0.0761. The third-order valence-electron chi connectivity index (χ3n) is 3.93. The Balaban J connectivity index is 1.75. The summed E-state index contributed by atoms with van der Waals surface area (Å²) in [7, 11) is -4.17. The minimum Gasteiger partial charge on any atom is -0.497 e. The normalized spacial score (nSPS) is 16.8. The van der Waals surface area contributed by atoms with Crippen LogP contribution in [0.4, 0.5) is 0 Å². The van der Waals surface area contributed by atoms with Crippen LogP contribution in [0.1, 0.15) is 0 Å². The molecular weight excluding hydrogens is 354 g/mol. The number of methoxy groups -OCH3 is 1. The predicted molar refractivity (Wildman–Crippen MR) is 85.9 cm³/mol. The lowest BCUT2D eigenvalue weighted by atomic mass is 10.3. The largest absolute Gasteiger partial charge is 0.497 e. The lowest BCUT2D eigenvalue weighted by Gasteiger charge is -2.36. The Hall–Kier alpha value is -1.91. The molecule has 2 heterocycles. The average molecular weight is 371 g/mol. The van der Waals surface area contributed by atoms with E-state index in [-0.39, 0.29) is 23.0 Å². The standard InChI is InChI=1S/C14H17N3O5S2/c1-16-9-14(15-10-16)24(20,21)17-7-13(8-17)23(18,19)12-5-3-11(22-2)4-6-12/h3-6,9-10,13H,7-8H2,1-2H3. The van der Waals surface area contributed by atoms with E-state index in [0.29, 0.717) is 5.75 Å². The maximum absolute atomic E-state index is 12.5. The van der Waals surface area contributed by atoms with E-state index in [1.54, 1.807) is 19.2 Å². The second-order valence-corrected chi connectivity index (χ2v) is 9.65. The van der Waals surface area contributed by atoms with Gasteiger partial charge in [0.15, 0.2) is 14.9 Å². The molecule has 0 amide bonds. The first-order chi connectivity index (χ1) is 11.2. The van der Waals surface area contributed by atoms with Crippen molar-refractivity contribution in [2.24, 2.45) is 7.05 Å². The molecule has 24 heavy (non-hydrogen) atoms. The molecule has 1 aliphatic heterocycles. The predicted octanol–water partition coefficient (Wildman–Crippen LogP) is 0.275. The summed E-state index contributed by atoms with van der Waals surface area (Å²) in [5.74, 6) is 0.557. The van der Waals surface area contributed by atoms with E-state index in [2.05, 4.69) is 4.98 Å². The van der Waals surface area contributed by atoms with Gasteiger partial charge in [-0.05, 0) is 24.3 Å². The van der Waals surface area contributed by atoms with Crippen molar-refractivity contribution in [1.82, 2.24) is 13.9 Å². The SMILES string of the molecule is COc1ccc(S(=O)(=O)C2CN(S(=O)(=O)c3cn(C)cn3)C2)cc1. The lowest BCUT2D eigenvalue weighted by Crippen LogP contribution is -2.56. The van der Waals surface area contributed by atoms with Gasteiger partial charge in [-0.3, -0.25) is 0 Å². The van der Waals surface area contributed by atoms with Crippen LogP contribution in [0.15, 0.2) is 46.7 Å². The molecule has 0 atom stereocenters. The molecule has 0 radical (unpaired) electrons. The number of ether oxygens (including phenoxy) is 1. The second-order valence-electron chi connectivity index (χ2n) is 5.54. The third kappa shape index (κ3) is 2.80.